The Bertz CT molecular complexity index is 597. The number of aryl methyl sites for hydroxylation is 2. The maximum atomic E-state index is 12.0. The summed E-state index contributed by atoms with van der Waals surface area (Å²) in [5.41, 5.74) is 3.00. The number of carbonyl (C=O) groups is 1. The largest absolute Gasteiger partial charge is 0.481 e. The lowest BCUT2D eigenvalue weighted by Crippen LogP contribution is -2.30. The first-order valence-corrected chi connectivity index (χ1v) is 6.51. The number of hydrogen-bond donors (Lipinski definition) is 1. The first-order valence-electron chi connectivity index (χ1n) is 6.51. The summed E-state index contributed by atoms with van der Waals surface area (Å²) in [5.74, 6) is 0.498. The lowest BCUT2D eigenvalue weighted by atomic mass is 10.1. The van der Waals surface area contributed by atoms with Crippen molar-refractivity contribution in [2.75, 3.05) is 5.32 Å². The quantitative estimate of drug-likeness (QED) is 0.928. The van der Waals surface area contributed by atoms with Gasteiger partial charge in [-0.05, 0) is 56.2 Å². The van der Waals surface area contributed by atoms with Crippen molar-refractivity contribution in [2.45, 2.75) is 26.9 Å². The maximum absolute atomic E-state index is 12.0. The molecule has 0 fully saturated rings. The van der Waals surface area contributed by atoms with E-state index in [1.807, 2.05) is 32.0 Å². The molecule has 1 aromatic carbocycles. The molecule has 4 heteroatoms. The summed E-state index contributed by atoms with van der Waals surface area (Å²) in [4.78, 5) is 16.0. The molecule has 1 N–H and O–H groups in total. The zero-order valence-corrected chi connectivity index (χ0v) is 11.9. The van der Waals surface area contributed by atoms with Crippen molar-refractivity contribution >= 4 is 11.6 Å². The van der Waals surface area contributed by atoms with E-state index in [1.165, 1.54) is 5.56 Å². The Hall–Kier alpha value is -2.36. The van der Waals surface area contributed by atoms with Crippen LogP contribution in [0.1, 0.15) is 18.1 Å². The normalized spacial score (nSPS) is 11.8. The topological polar surface area (TPSA) is 51.2 Å². The molecule has 1 amide bonds. The Morgan fingerprint density at radius 1 is 1.25 bits per heavy atom. The highest BCUT2D eigenvalue weighted by atomic mass is 16.5. The molecule has 0 saturated heterocycles. The molecule has 104 valence electrons. The third-order valence-corrected chi connectivity index (χ3v) is 3.09. The van der Waals surface area contributed by atoms with Crippen molar-refractivity contribution in [2.24, 2.45) is 0 Å². The molecule has 0 aliphatic rings. The van der Waals surface area contributed by atoms with Gasteiger partial charge in [0.2, 0.25) is 0 Å². The number of amides is 1. The molecule has 20 heavy (non-hydrogen) atoms. The van der Waals surface area contributed by atoms with Crippen LogP contribution in [0.5, 0.6) is 5.75 Å². The van der Waals surface area contributed by atoms with Crippen molar-refractivity contribution in [1.82, 2.24) is 4.98 Å². The van der Waals surface area contributed by atoms with Gasteiger partial charge in [-0.3, -0.25) is 9.78 Å². The van der Waals surface area contributed by atoms with Crippen LogP contribution in [-0.2, 0) is 4.79 Å². The third kappa shape index (κ3) is 3.57. The van der Waals surface area contributed by atoms with Crippen LogP contribution < -0.4 is 10.1 Å². The van der Waals surface area contributed by atoms with Gasteiger partial charge < -0.3 is 10.1 Å². The van der Waals surface area contributed by atoms with Crippen molar-refractivity contribution in [1.29, 1.82) is 0 Å². The van der Waals surface area contributed by atoms with Crippen LogP contribution in [0.25, 0.3) is 0 Å². The monoisotopic (exact) mass is 270 g/mol. The number of hydrogen-bond acceptors (Lipinski definition) is 3. The van der Waals surface area contributed by atoms with Crippen molar-refractivity contribution in [3.05, 3.63) is 53.9 Å². The average Bonchev–Trinajstić information content (AvgIpc) is 2.44. The van der Waals surface area contributed by atoms with E-state index in [1.54, 1.807) is 31.5 Å². The summed E-state index contributed by atoms with van der Waals surface area (Å²) in [7, 11) is 0. The molecule has 0 aliphatic carbocycles. The van der Waals surface area contributed by atoms with Gasteiger partial charge in [0.25, 0.3) is 5.91 Å². The fourth-order valence-electron chi connectivity index (χ4n) is 1.73. The van der Waals surface area contributed by atoms with Crippen LogP contribution in [-0.4, -0.2) is 17.0 Å². The lowest BCUT2D eigenvalue weighted by molar-refractivity contribution is -0.122. The number of carbonyl (C=O) groups excluding carboxylic acids is 1. The zero-order valence-electron chi connectivity index (χ0n) is 11.9. The fourth-order valence-corrected chi connectivity index (χ4v) is 1.73. The van der Waals surface area contributed by atoms with Crippen molar-refractivity contribution < 1.29 is 9.53 Å². The second kappa shape index (κ2) is 6.19. The van der Waals surface area contributed by atoms with Gasteiger partial charge in [-0.15, -0.1) is 0 Å². The van der Waals surface area contributed by atoms with Gasteiger partial charge in [-0.1, -0.05) is 6.07 Å². The molecule has 0 unspecified atom stereocenters. The molecule has 0 aliphatic heterocycles. The number of anilines is 1. The number of ether oxygens (including phenoxy) is 1. The average molecular weight is 270 g/mol. The highest BCUT2D eigenvalue weighted by Crippen LogP contribution is 2.18. The first kappa shape index (κ1) is 14.1. The molecule has 0 radical (unpaired) electrons. The van der Waals surface area contributed by atoms with Crippen LogP contribution in [0.3, 0.4) is 0 Å². The summed E-state index contributed by atoms with van der Waals surface area (Å²) in [5, 5.41) is 2.76. The first-order chi connectivity index (χ1) is 9.56. The van der Waals surface area contributed by atoms with Crippen LogP contribution in [0, 0.1) is 13.8 Å². The summed E-state index contributed by atoms with van der Waals surface area (Å²) in [6, 6.07) is 9.34. The van der Waals surface area contributed by atoms with Gasteiger partial charge in [0.1, 0.15) is 5.75 Å². The van der Waals surface area contributed by atoms with Gasteiger partial charge in [-0.25, -0.2) is 0 Å². The van der Waals surface area contributed by atoms with Crippen LogP contribution in [0.15, 0.2) is 42.7 Å². The predicted octanol–water partition coefficient (Wildman–Crippen LogP) is 3.10. The Morgan fingerprint density at radius 2 is 2.05 bits per heavy atom. The molecule has 2 aromatic rings. The van der Waals surface area contributed by atoms with Gasteiger partial charge in [0.05, 0.1) is 11.9 Å². The molecular weight excluding hydrogens is 252 g/mol. The third-order valence-electron chi connectivity index (χ3n) is 3.09. The minimum absolute atomic E-state index is 0.198. The SMILES string of the molecule is Cc1ccc(O[C@@H](C)C(=O)Nc2cccnc2)cc1C. The molecule has 2 rings (SSSR count). The lowest BCUT2D eigenvalue weighted by Gasteiger charge is -2.15. The van der Waals surface area contributed by atoms with E-state index < -0.39 is 6.10 Å². The Morgan fingerprint density at radius 3 is 2.70 bits per heavy atom. The fraction of sp³-hybridized carbons (Fsp3) is 0.250. The second-order valence-corrected chi connectivity index (χ2v) is 4.74. The zero-order chi connectivity index (χ0) is 14.5. The number of rotatable bonds is 4. The van der Waals surface area contributed by atoms with E-state index in [0.717, 1.165) is 5.56 Å². The number of nitrogens with zero attached hydrogens (tertiary/aromatic N) is 1. The van der Waals surface area contributed by atoms with Gasteiger partial charge in [0.15, 0.2) is 6.10 Å². The van der Waals surface area contributed by atoms with Gasteiger partial charge in [0, 0.05) is 6.20 Å². The van der Waals surface area contributed by atoms with E-state index in [4.69, 9.17) is 4.74 Å². The van der Waals surface area contributed by atoms with Crippen LogP contribution >= 0.6 is 0 Å². The molecule has 0 saturated carbocycles. The molecule has 1 aromatic heterocycles. The molecule has 0 bridgehead atoms. The minimum atomic E-state index is -0.572. The highest BCUT2D eigenvalue weighted by Gasteiger charge is 2.15. The summed E-state index contributed by atoms with van der Waals surface area (Å²) >= 11 is 0. The summed E-state index contributed by atoms with van der Waals surface area (Å²) in [6.07, 6.45) is 2.68. The van der Waals surface area contributed by atoms with E-state index >= 15 is 0 Å². The number of nitrogens with one attached hydrogen (secondary N) is 1. The maximum Gasteiger partial charge on any atom is 0.265 e. The van der Waals surface area contributed by atoms with Crippen molar-refractivity contribution in [3.8, 4) is 5.75 Å². The van der Waals surface area contributed by atoms with E-state index in [2.05, 4.69) is 10.3 Å². The van der Waals surface area contributed by atoms with Crippen LogP contribution in [0.4, 0.5) is 5.69 Å². The van der Waals surface area contributed by atoms with E-state index in [9.17, 15) is 4.79 Å². The number of benzene rings is 1. The predicted molar refractivity (Wildman–Crippen MR) is 78.9 cm³/mol. The number of aromatic nitrogens is 1. The molecule has 1 heterocycles. The Kier molecular flexibility index (Phi) is 4.35. The summed E-state index contributed by atoms with van der Waals surface area (Å²) in [6.45, 7) is 5.78. The van der Waals surface area contributed by atoms with Crippen molar-refractivity contribution in [3.63, 3.8) is 0 Å². The number of pyridine rings is 1. The minimum Gasteiger partial charge on any atom is -0.481 e. The van der Waals surface area contributed by atoms with Crippen LogP contribution in [0.2, 0.25) is 0 Å². The molecule has 1 atom stereocenters. The smallest absolute Gasteiger partial charge is 0.265 e. The Labute approximate surface area is 118 Å². The second-order valence-electron chi connectivity index (χ2n) is 4.74. The van der Waals surface area contributed by atoms with Gasteiger partial charge in [-0.2, -0.15) is 0 Å². The molecule has 4 nitrogen and oxygen atoms in total. The van der Waals surface area contributed by atoms with E-state index in [0.29, 0.717) is 11.4 Å². The molecule has 0 spiro atoms. The van der Waals surface area contributed by atoms with Gasteiger partial charge >= 0.3 is 0 Å². The van der Waals surface area contributed by atoms with E-state index in [-0.39, 0.29) is 5.91 Å². The summed E-state index contributed by atoms with van der Waals surface area (Å²) < 4.78 is 5.65. The standard InChI is InChI=1S/C16H18N2O2/c1-11-6-7-15(9-12(11)2)20-13(3)16(19)18-14-5-4-8-17-10-14/h4-10,13H,1-3H3,(H,18,19)/t13-/m0/s1. The Balaban J connectivity index is 1.98. The highest BCUT2D eigenvalue weighted by molar-refractivity contribution is 5.93. The molecular formula is C16H18N2O2.